The summed E-state index contributed by atoms with van der Waals surface area (Å²) >= 11 is 0. The zero-order valence-corrected chi connectivity index (χ0v) is 11.1. The zero-order valence-electron chi connectivity index (χ0n) is 10.3. The van der Waals surface area contributed by atoms with Gasteiger partial charge < -0.3 is 9.64 Å². The summed E-state index contributed by atoms with van der Waals surface area (Å²) in [7, 11) is -1.41. The van der Waals surface area contributed by atoms with Gasteiger partial charge in [0.05, 0.1) is 18.1 Å². The molecule has 1 atom stereocenters. The van der Waals surface area contributed by atoms with E-state index in [4.69, 9.17) is 4.74 Å². The average Bonchev–Trinajstić information content (AvgIpc) is 2.60. The molecular weight excluding hydrogens is 242 g/mol. The standard InChI is InChI=1S/C11H19NO4S/c1-3-4-11(13)12(6-7-16-2)10-5-8-17(14,15)9-10/h3-4,10H,5-9H2,1-2H3. The van der Waals surface area contributed by atoms with Gasteiger partial charge in [0, 0.05) is 19.7 Å². The maximum atomic E-state index is 11.8. The fourth-order valence-corrected chi connectivity index (χ4v) is 3.65. The Hall–Kier alpha value is -0.880. The quantitative estimate of drug-likeness (QED) is 0.664. The molecule has 0 aromatic heterocycles. The van der Waals surface area contributed by atoms with Crippen molar-refractivity contribution in [3.63, 3.8) is 0 Å². The van der Waals surface area contributed by atoms with E-state index in [1.807, 2.05) is 0 Å². The molecule has 0 N–H and O–H groups in total. The number of hydrogen-bond donors (Lipinski definition) is 0. The Morgan fingerprint density at radius 2 is 2.24 bits per heavy atom. The Kier molecular flexibility index (Phi) is 5.14. The van der Waals surface area contributed by atoms with Crippen molar-refractivity contribution >= 4 is 15.7 Å². The van der Waals surface area contributed by atoms with Crippen LogP contribution in [0.15, 0.2) is 12.2 Å². The second kappa shape index (κ2) is 6.16. The van der Waals surface area contributed by atoms with E-state index >= 15 is 0 Å². The highest BCUT2D eigenvalue weighted by Crippen LogP contribution is 2.18. The molecule has 1 rings (SSSR count). The van der Waals surface area contributed by atoms with Gasteiger partial charge in [0.2, 0.25) is 5.91 Å². The van der Waals surface area contributed by atoms with E-state index in [0.717, 1.165) is 0 Å². The second-order valence-corrected chi connectivity index (χ2v) is 6.31. The lowest BCUT2D eigenvalue weighted by Crippen LogP contribution is -2.42. The number of sulfone groups is 1. The average molecular weight is 261 g/mol. The van der Waals surface area contributed by atoms with Gasteiger partial charge in [-0.3, -0.25) is 4.79 Å². The van der Waals surface area contributed by atoms with Crippen LogP contribution in [-0.4, -0.2) is 57.0 Å². The van der Waals surface area contributed by atoms with Crippen LogP contribution in [0.2, 0.25) is 0 Å². The molecule has 1 amide bonds. The van der Waals surface area contributed by atoms with E-state index < -0.39 is 9.84 Å². The van der Waals surface area contributed by atoms with E-state index in [0.29, 0.717) is 19.6 Å². The third-order valence-electron chi connectivity index (χ3n) is 2.78. The molecule has 98 valence electrons. The summed E-state index contributed by atoms with van der Waals surface area (Å²) in [5.41, 5.74) is 0. The summed E-state index contributed by atoms with van der Waals surface area (Å²) in [6.45, 7) is 2.61. The van der Waals surface area contributed by atoms with Crippen molar-refractivity contribution in [2.24, 2.45) is 0 Å². The Bertz CT molecular complexity index is 388. The van der Waals surface area contributed by atoms with Crippen LogP contribution in [0.5, 0.6) is 0 Å². The van der Waals surface area contributed by atoms with Gasteiger partial charge in [-0.2, -0.15) is 0 Å². The normalized spacial score (nSPS) is 23.1. The number of carbonyl (C=O) groups is 1. The lowest BCUT2D eigenvalue weighted by Gasteiger charge is -2.26. The molecule has 1 heterocycles. The van der Waals surface area contributed by atoms with Crippen molar-refractivity contribution in [3.8, 4) is 0 Å². The van der Waals surface area contributed by atoms with Gasteiger partial charge in [-0.25, -0.2) is 8.42 Å². The highest BCUT2D eigenvalue weighted by Gasteiger charge is 2.33. The highest BCUT2D eigenvalue weighted by molar-refractivity contribution is 7.91. The molecule has 1 aliphatic rings. The van der Waals surface area contributed by atoms with Crippen LogP contribution in [0.1, 0.15) is 13.3 Å². The van der Waals surface area contributed by atoms with E-state index in [-0.39, 0.29) is 23.5 Å². The molecule has 17 heavy (non-hydrogen) atoms. The fourth-order valence-electron chi connectivity index (χ4n) is 1.92. The number of ether oxygens (including phenoxy) is 1. The largest absolute Gasteiger partial charge is 0.383 e. The lowest BCUT2D eigenvalue weighted by molar-refractivity contribution is -0.128. The number of carbonyl (C=O) groups excluding carboxylic acids is 1. The number of nitrogens with zero attached hydrogens (tertiary/aromatic N) is 1. The molecule has 0 bridgehead atoms. The van der Waals surface area contributed by atoms with Crippen molar-refractivity contribution in [2.75, 3.05) is 31.8 Å². The second-order valence-electron chi connectivity index (χ2n) is 4.08. The molecule has 1 unspecified atom stereocenters. The molecular formula is C11H19NO4S. The molecule has 0 radical (unpaired) electrons. The van der Waals surface area contributed by atoms with Crippen molar-refractivity contribution in [1.82, 2.24) is 4.90 Å². The third kappa shape index (κ3) is 4.12. The number of allylic oxidation sites excluding steroid dienone is 1. The first kappa shape index (κ1) is 14.2. The van der Waals surface area contributed by atoms with Crippen LogP contribution >= 0.6 is 0 Å². The molecule has 0 aromatic carbocycles. The van der Waals surface area contributed by atoms with E-state index in [9.17, 15) is 13.2 Å². The Morgan fingerprint density at radius 1 is 1.53 bits per heavy atom. The minimum Gasteiger partial charge on any atom is -0.383 e. The first-order chi connectivity index (χ1) is 8.00. The number of hydrogen-bond acceptors (Lipinski definition) is 4. The summed E-state index contributed by atoms with van der Waals surface area (Å²) in [6, 6.07) is -0.209. The lowest BCUT2D eigenvalue weighted by atomic mass is 10.2. The summed E-state index contributed by atoms with van der Waals surface area (Å²) in [4.78, 5) is 13.4. The molecule has 0 saturated carbocycles. The Balaban J connectivity index is 2.73. The van der Waals surface area contributed by atoms with Crippen LogP contribution in [-0.2, 0) is 19.4 Å². The monoisotopic (exact) mass is 261 g/mol. The predicted molar refractivity (Wildman–Crippen MR) is 65.5 cm³/mol. The molecule has 0 spiro atoms. The molecule has 1 saturated heterocycles. The summed E-state index contributed by atoms with van der Waals surface area (Å²) < 4.78 is 27.8. The predicted octanol–water partition coefficient (Wildman–Crippen LogP) is 0.225. The zero-order chi connectivity index (χ0) is 12.9. The number of rotatable bonds is 5. The van der Waals surface area contributed by atoms with E-state index in [2.05, 4.69) is 0 Å². The SMILES string of the molecule is CC=CC(=O)N(CCOC)C1CCS(=O)(=O)C1. The molecule has 5 nitrogen and oxygen atoms in total. The van der Waals surface area contributed by atoms with Gasteiger partial charge in [0.25, 0.3) is 0 Å². The van der Waals surface area contributed by atoms with Crippen LogP contribution in [0.25, 0.3) is 0 Å². The maximum Gasteiger partial charge on any atom is 0.246 e. The molecule has 1 fully saturated rings. The van der Waals surface area contributed by atoms with Crippen LogP contribution in [0, 0.1) is 0 Å². The van der Waals surface area contributed by atoms with Crippen molar-refractivity contribution in [2.45, 2.75) is 19.4 Å². The number of amides is 1. The van der Waals surface area contributed by atoms with Gasteiger partial charge in [0.1, 0.15) is 0 Å². The van der Waals surface area contributed by atoms with Gasteiger partial charge in [-0.15, -0.1) is 0 Å². The van der Waals surface area contributed by atoms with Gasteiger partial charge in [0.15, 0.2) is 9.84 Å². The first-order valence-electron chi connectivity index (χ1n) is 5.63. The number of methoxy groups -OCH3 is 1. The van der Waals surface area contributed by atoms with Crippen molar-refractivity contribution < 1.29 is 17.9 Å². The van der Waals surface area contributed by atoms with Crippen molar-refractivity contribution in [1.29, 1.82) is 0 Å². The fraction of sp³-hybridized carbons (Fsp3) is 0.727. The smallest absolute Gasteiger partial charge is 0.246 e. The maximum absolute atomic E-state index is 11.8. The minimum absolute atomic E-state index is 0.0695. The topological polar surface area (TPSA) is 63.7 Å². The van der Waals surface area contributed by atoms with E-state index in [1.54, 1.807) is 25.0 Å². The van der Waals surface area contributed by atoms with E-state index in [1.165, 1.54) is 6.08 Å². The minimum atomic E-state index is -2.97. The third-order valence-corrected chi connectivity index (χ3v) is 4.53. The molecule has 6 heteroatoms. The van der Waals surface area contributed by atoms with Gasteiger partial charge in [-0.1, -0.05) is 6.08 Å². The van der Waals surface area contributed by atoms with Crippen LogP contribution in [0.3, 0.4) is 0 Å². The van der Waals surface area contributed by atoms with Gasteiger partial charge >= 0.3 is 0 Å². The van der Waals surface area contributed by atoms with Crippen LogP contribution < -0.4 is 0 Å². The summed E-state index contributed by atoms with van der Waals surface area (Å²) in [5, 5.41) is 0. The molecule has 0 aromatic rings. The molecule has 1 aliphatic heterocycles. The summed E-state index contributed by atoms with van der Waals surface area (Å²) in [6.07, 6.45) is 3.64. The summed E-state index contributed by atoms with van der Waals surface area (Å²) in [5.74, 6) is 0.0937. The highest BCUT2D eigenvalue weighted by atomic mass is 32.2. The van der Waals surface area contributed by atoms with Crippen molar-refractivity contribution in [3.05, 3.63) is 12.2 Å². The molecule has 0 aliphatic carbocycles. The van der Waals surface area contributed by atoms with Gasteiger partial charge in [-0.05, 0) is 19.4 Å². The first-order valence-corrected chi connectivity index (χ1v) is 7.45. The Labute approximate surface area is 102 Å². The Morgan fingerprint density at radius 3 is 2.71 bits per heavy atom. The van der Waals surface area contributed by atoms with Crippen LogP contribution in [0.4, 0.5) is 0 Å².